The van der Waals surface area contributed by atoms with Crippen LogP contribution in [0.1, 0.15) is 33.6 Å². The van der Waals surface area contributed by atoms with Gasteiger partial charge in [0.25, 0.3) is 0 Å². The van der Waals surface area contributed by atoms with Crippen LogP contribution in [0.2, 0.25) is 0 Å². The molecule has 0 bridgehead atoms. The summed E-state index contributed by atoms with van der Waals surface area (Å²) in [5.74, 6) is 2.71. The Hall–Kier alpha value is -1.35. The summed E-state index contributed by atoms with van der Waals surface area (Å²) in [7, 11) is 7.77. The fourth-order valence-corrected chi connectivity index (χ4v) is 19.1. The van der Waals surface area contributed by atoms with Crippen LogP contribution >= 0.6 is 20.0 Å². The number of carbonyl (C=O) groups is 3. The summed E-state index contributed by atoms with van der Waals surface area (Å²) in [5.41, 5.74) is 0.404. The first-order valence-electron chi connectivity index (χ1n) is 13.4. The molecule has 3 amide bonds. The van der Waals surface area contributed by atoms with Crippen molar-refractivity contribution in [2.45, 2.75) is 39.2 Å². The summed E-state index contributed by atoms with van der Waals surface area (Å²) >= 11 is -1.08. The quantitative estimate of drug-likeness (QED) is 0.433. The SMILES string of the molecule is CN(C)C(=O)CN1CC[C@@H](C(=O)N(CC2CCN(C(=O)OC(C)(C)C)C2)c2ccc([As]3SCCS3)cc2)C1. The van der Waals surface area contributed by atoms with E-state index >= 15 is 0 Å². The average molecular weight is 625 g/mol. The zero-order valence-corrected chi connectivity index (χ0v) is 26.7. The third-order valence-corrected chi connectivity index (χ3v) is 20.7. The fourth-order valence-electron chi connectivity index (χ4n) is 4.97. The van der Waals surface area contributed by atoms with Crippen LogP contribution in [0.15, 0.2) is 24.3 Å². The molecule has 2 atom stereocenters. The van der Waals surface area contributed by atoms with Crippen molar-refractivity contribution >= 4 is 60.3 Å². The molecule has 0 aromatic heterocycles. The number of likely N-dealkylation sites (N-methyl/N-ethyl adjacent to an activating group) is 1. The summed E-state index contributed by atoms with van der Waals surface area (Å²) in [6.45, 7) is 9.15. The summed E-state index contributed by atoms with van der Waals surface area (Å²) in [6.07, 6.45) is 1.32. The number of nitrogens with zero attached hydrogens (tertiary/aromatic N) is 4. The Morgan fingerprint density at radius 1 is 1.03 bits per heavy atom. The first-order chi connectivity index (χ1) is 18.0. The van der Waals surface area contributed by atoms with E-state index in [1.54, 1.807) is 23.9 Å². The monoisotopic (exact) mass is 624 g/mol. The molecule has 11 heteroatoms. The molecule has 3 heterocycles. The molecule has 3 fully saturated rings. The van der Waals surface area contributed by atoms with E-state index in [4.69, 9.17) is 4.74 Å². The number of anilines is 1. The minimum atomic E-state index is -1.08. The molecule has 4 rings (SSSR count). The van der Waals surface area contributed by atoms with Crippen LogP contribution < -0.4 is 9.25 Å². The van der Waals surface area contributed by atoms with Gasteiger partial charge in [0.2, 0.25) is 0 Å². The van der Waals surface area contributed by atoms with Gasteiger partial charge in [0.05, 0.1) is 0 Å². The predicted octanol–water partition coefficient (Wildman–Crippen LogP) is 2.86. The Labute approximate surface area is 238 Å². The van der Waals surface area contributed by atoms with Crippen molar-refractivity contribution < 1.29 is 19.1 Å². The molecule has 210 valence electrons. The standard InChI is InChI=1S/C27H41AsN4O4S2/c1-27(2,3)36-26(35)31-13-10-20(16-31)17-32(23-8-6-22(7-9-23)28-37-14-15-38-28)25(34)21-11-12-30(18-21)19-24(33)29(4)5/h6-9,20-21H,10-19H2,1-5H3/t20?,21-/m1/s1. The van der Waals surface area contributed by atoms with Gasteiger partial charge in [-0.15, -0.1) is 0 Å². The molecule has 0 saturated carbocycles. The Morgan fingerprint density at radius 3 is 2.34 bits per heavy atom. The average Bonchev–Trinajstić information content (AvgIpc) is 3.63. The van der Waals surface area contributed by atoms with Crippen molar-refractivity contribution in [3.05, 3.63) is 24.3 Å². The number of benzene rings is 1. The third-order valence-electron chi connectivity index (χ3n) is 7.00. The number of ether oxygens (including phenoxy) is 1. The van der Waals surface area contributed by atoms with Gasteiger partial charge in [-0.2, -0.15) is 0 Å². The first-order valence-corrected chi connectivity index (χ1v) is 20.8. The number of rotatable bonds is 7. The molecule has 38 heavy (non-hydrogen) atoms. The van der Waals surface area contributed by atoms with Gasteiger partial charge in [-0.3, -0.25) is 0 Å². The van der Waals surface area contributed by atoms with Crippen LogP contribution in [0.3, 0.4) is 0 Å². The molecular formula is C27H41AsN4O4S2. The molecule has 3 aliphatic heterocycles. The number of likely N-dealkylation sites (tertiary alicyclic amines) is 2. The molecular weight excluding hydrogens is 583 g/mol. The fraction of sp³-hybridized carbons (Fsp3) is 0.667. The van der Waals surface area contributed by atoms with Crippen LogP contribution in [0, 0.1) is 11.8 Å². The van der Waals surface area contributed by atoms with Crippen LogP contribution in [-0.4, -0.2) is 115 Å². The molecule has 1 aromatic carbocycles. The summed E-state index contributed by atoms with van der Waals surface area (Å²) in [6, 6.07) is 8.67. The zero-order valence-electron chi connectivity index (χ0n) is 23.2. The molecule has 0 radical (unpaired) electrons. The predicted molar refractivity (Wildman–Crippen MR) is 158 cm³/mol. The number of amides is 3. The van der Waals surface area contributed by atoms with Crippen LogP contribution in [-0.2, 0) is 14.3 Å². The second-order valence-corrected chi connectivity index (χ2v) is 23.2. The summed E-state index contributed by atoms with van der Waals surface area (Å²) in [4.78, 5) is 46.2. The van der Waals surface area contributed by atoms with Crippen molar-refractivity contribution in [1.29, 1.82) is 0 Å². The zero-order chi connectivity index (χ0) is 27.4. The second-order valence-electron chi connectivity index (χ2n) is 11.5. The molecule has 0 aliphatic carbocycles. The third kappa shape index (κ3) is 7.86. The Morgan fingerprint density at radius 2 is 1.71 bits per heavy atom. The maximum absolute atomic E-state index is 13.9. The topological polar surface area (TPSA) is 73.4 Å². The van der Waals surface area contributed by atoms with E-state index in [9.17, 15) is 14.4 Å². The van der Waals surface area contributed by atoms with E-state index in [-0.39, 0.29) is 29.7 Å². The van der Waals surface area contributed by atoms with Gasteiger partial charge < -0.3 is 0 Å². The molecule has 1 unspecified atom stereocenters. The number of hydrogen-bond donors (Lipinski definition) is 0. The molecule has 8 nitrogen and oxygen atoms in total. The van der Waals surface area contributed by atoms with E-state index in [0.29, 0.717) is 32.7 Å². The number of carbonyl (C=O) groups excluding carboxylic acids is 3. The van der Waals surface area contributed by atoms with E-state index in [2.05, 4.69) is 49.2 Å². The van der Waals surface area contributed by atoms with E-state index < -0.39 is 17.9 Å². The summed E-state index contributed by atoms with van der Waals surface area (Å²) < 4.78 is 7.02. The first kappa shape index (κ1) is 29.6. The van der Waals surface area contributed by atoms with Crippen molar-refractivity contribution in [3.63, 3.8) is 0 Å². The summed E-state index contributed by atoms with van der Waals surface area (Å²) in [5, 5.41) is 0. The van der Waals surface area contributed by atoms with Gasteiger partial charge >= 0.3 is 204 Å². The van der Waals surface area contributed by atoms with Crippen molar-refractivity contribution in [2.24, 2.45) is 11.8 Å². The van der Waals surface area contributed by atoms with Crippen LogP contribution in [0.5, 0.6) is 0 Å². The van der Waals surface area contributed by atoms with E-state index in [1.165, 1.54) is 15.9 Å². The molecule has 3 aliphatic rings. The Balaban J connectivity index is 1.46. The minimum absolute atomic E-state index is 0.0609. The second kappa shape index (κ2) is 12.9. The van der Waals surface area contributed by atoms with Gasteiger partial charge in [0, 0.05) is 14.1 Å². The van der Waals surface area contributed by atoms with E-state index in [0.717, 1.165) is 25.1 Å². The van der Waals surface area contributed by atoms with Gasteiger partial charge in [-0.1, -0.05) is 0 Å². The molecule has 0 N–H and O–H groups in total. The van der Waals surface area contributed by atoms with E-state index in [1.807, 2.05) is 25.7 Å². The van der Waals surface area contributed by atoms with Gasteiger partial charge in [-0.25, -0.2) is 0 Å². The molecule has 3 saturated heterocycles. The molecule has 0 spiro atoms. The van der Waals surface area contributed by atoms with Gasteiger partial charge in [-0.05, 0) is 20.8 Å². The van der Waals surface area contributed by atoms with Crippen molar-refractivity contribution in [3.8, 4) is 0 Å². The van der Waals surface area contributed by atoms with Crippen molar-refractivity contribution in [1.82, 2.24) is 14.7 Å². The van der Waals surface area contributed by atoms with Crippen molar-refractivity contribution in [2.75, 3.05) is 69.8 Å². The molecule has 1 aromatic rings. The van der Waals surface area contributed by atoms with Gasteiger partial charge in [0.15, 0.2) is 0 Å². The van der Waals surface area contributed by atoms with Crippen LogP contribution in [0.25, 0.3) is 0 Å². The Kier molecular flexibility index (Phi) is 10.0. The Bertz CT molecular complexity index is 998. The van der Waals surface area contributed by atoms with Gasteiger partial charge in [0.1, 0.15) is 0 Å². The maximum atomic E-state index is 13.9. The van der Waals surface area contributed by atoms with Crippen LogP contribution in [0.4, 0.5) is 10.5 Å². The normalized spacial score (nSPS) is 22.6. The number of hydrogen-bond acceptors (Lipinski definition) is 7.